The van der Waals surface area contributed by atoms with Gasteiger partial charge in [-0.1, -0.05) is 36.9 Å². The number of carbonyl (C=O) groups is 3. The lowest BCUT2D eigenvalue weighted by atomic mass is 9.96. The van der Waals surface area contributed by atoms with E-state index in [4.69, 9.17) is 11.6 Å². The maximum absolute atomic E-state index is 12.1. The van der Waals surface area contributed by atoms with Crippen molar-refractivity contribution in [3.63, 3.8) is 0 Å². The van der Waals surface area contributed by atoms with Crippen LogP contribution in [0.4, 0.5) is 10.5 Å². The second-order valence-electron chi connectivity index (χ2n) is 7.15. The Kier molecular flexibility index (Phi) is 9.07. The number of hydrogen-bond acceptors (Lipinski definition) is 3. The predicted molar refractivity (Wildman–Crippen MR) is 110 cm³/mol. The van der Waals surface area contributed by atoms with Gasteiger partial charge in [0.05, 0.1) is 6.54 Å². The summed E-state index contributed by atoms with van der Waals surface area (Å²) in [5, 5.41) is 9.00. The molecule has 0 saturated heterocycles. The molecule has 28 heavy (non-hydrogen) atoms. The number of nitrogens with one attached hydrogen (secondary N) is 3. The van der Waals surface area contributed by atoms with Crippen LogP contribution in [0.5, 0.6) is 0 Å². The van der Waals surface area contributed by atoms with Crippen LogP contribution in [0.1, 0.15) is 44.9 Å². The molecule has 2 rings (SSSR count). The van der Waals surface area contributed by atoms with Gasteiger partial charge < -0.3 is 20.9 Å². The highest BCUT2D eigenvalue weighted by Gasteiger charge is 2.16. The third-order valence-corrected chi connectivity index (χ3v) is 4.94. The van der Waals surface area contributed by atoms with E-state index in [9.17, 15) is 14.4 Å². The first-order valence-corrected chi connectivity index (χ1v) is 10.2. The Balaban J connectivity index is 1.59. The normalized spacial score (nSPS) is 14.2. The van der Waals surface area contributed by atoms with Gasteiger partial charge in [-0.25, -0.2) is 4.79 Å². The van der Waals surface area contributed by atoms with Crippen molar-refractivity contribution in [3.8, 4) is 0 Å². The van der Waals surface area contributed by atoms with E-state index in [1.54, 1.807) is 31.3 Å². The molecular formula is C20H29ClN4O3. The molecular weight excluding hydrogens is 380 g/mol. The second kappa shape index (κ2) is 11.5. The topological polar surface area (TPSA) is 90.5 Å². The molecule has 0 atom stereocenters. The molecule has 0 radical (unpaired) electrons. The first-order chi connectivity index (χ1) is 13.4. The van der Waals surface area contributed by atoms with E-state index in [1.807, 2.05) is 0 Å². The third-order valence-electron chi connectivity index (χ3n) is 4.71. The Morgan fingerprint density at radius 1 is 1.18 bits per heavy atom. The average molecular weight is 409 g/mol. The molecule has 1 fully saturated rings. The summed E-state index contributed by atoms with van der Waals surface area (Å²) in [6.07, 6.45) is 6.43. The van der Waals surface area contributed by atoms with Gasteiger partial charge in [0, 0.05) is 36.8 Å². The van der Waals surface area contributed by atoms with Crippen molar-refractivity contribution in [1.82, 2.24) is 15.5 Å². The highest BCUT2D eigenvalue weighted by Crippen LogP contribution is 2.17. The van der Waals surface area contributed by atoms with Crippen molar-refractivity contribution in [1.29, 1.82) is 0 Å². The zero-order chi connectivity index (χ0) is 20.4. The first-order valence-electron chi connectivity index (χ1n) is 9.78. The molecule has 154 valence electrons. The summed E-state index contributed by atoms with van der Waals surface area (Å²) >= 11 is 5.88. The zero-order valence-corrected chi connectivity index (χ0v) is 17.1. The first kappa shape index (κ1) is 22.0. The highest BCUT2D eigenvalue weighted by atomic mass is 35.5. The summed E-state index contributed by atoms with van der Waals surface area (Å²) in [4.78, 5) is 37.4. The van der Waals surface area contributed by atoms with Crippen LogP contribution < -0.4 is 16.0 Å². The summed E-state index contributed by atoms with van der Waals surface area (Å²) in [7, 11) is 1.59. The average Bonchev–Trinajstić information content (AvgIpc) is 2.65. The Labute approximate surface area is 171 Å². The van der Waals surface area contributed by atoms with Crippen molar-refractivity contribution in [3.05, 3.63) is 29.3 Å². The molecule has 0 aromatic heterocycles. The predicted octanol–water partition coefficient (Wildman–Crippen LogP) is 3.15. The van der Waals surface area contributed by atoms with Crippen LogP contribution in [-0.4, -0.2) is 48.9 Å². The van der Waals surface area contributed by atoms with Gasteiger partial charge in [-0.15, -0.1) is 0 Å². The second-order valence-corrected chi connectivity index (χ2v) is 7.58. The summed E-state index contributed by atoms with van der Waals surface area (Å²) in [6.45, 7) is 0.383. The van der Waals surface area contributed by atoms with Gasteiger partial charge in [-0.05, 0) is 37.5 Å². The molecule has 8 heteroatoms. The van der Waals surface area contributed by atoms with Crippen LogP contribution in [0.3, 0.4) is 0 Å². The van der Waals surface area contributed by atoms with E-state index in [0.29, 0.717) is 23.7 Å². The number of amides is 4. The lowest BCUT2D eigenvalue weighted by molar-refractivity contribution is -0.133. The summed E-state index contributed by atoms with van der Waals surface area (Å²) < 4.78 is 0. The Morgan fingerprint density at radius 2 is 1.93 bits per heavy atom. The van der Waals surface area contributed by atoms with Gasteiger partial charge in [0.15, 0.2) is 0 Å². The number of rotatable bonds is 8. The molecule has 1 saturated carbocycles. The van der Waals surface area contributed by atoms with Crippen LogP contribution in [0.15, 0.2) is 24.3 Å². The summed E-state index contributed by atoms with van der Waals surface area (Å²) in [5.41, 5.74) is 0.589. The molecule has 1 aliphatic rings. The van der Waals surface area contributed by atoms with Crippen molar-refractivity contribution in [2.75, 3.05) is 25.5 Å². The number of carbonyl (C=O) groups excluding carboxylic acids is 3. The summed E-state index contributed by atoms with van der Waals surface area (Å²) in [6, 6.07) is 6.93. The largest absolute Gasteiger partial charge is 0.338 e. The molecule has 1 aromatic carbocycles. The number of anilines is 1. The standard InChI is InChI=1S/C20H29ClN4O3/c1-25(14-18(26)23-17-10-5-7-15(21)13-17)19(27)11-6-12-22-20(28)24-16-8-3-2-4-9-16/h5,7,10,13,16H,2-4,6,8-9,11-12,14H2,1H3,(H,23,26)(H2,22,24,28). The number of hydrogen-bond donors (Lipinski definition) is 3. The van der Waals surface area contributed by atoms with E-state index in [0.717, 1.165) is 25.7 Å². The van der Waals surface area contributed by atoms with Crippen LogP contribution in [0, 0.1) is 0 Å². The molecule has 4 amide bonds. The molecule has 7 nitrogen and oxygen atoms in total. The van der Waals surface area contributed by atoms with Gasteiger partial charge in [-0.2, -0.15) is 0 Å². The number of benzene rings is 1. The molecule has 0 unspecified atom stereocenters. The van der Waals surface area contributed by atoms with Crippen molar-refractivity contribution in [2.45, 2.75) is 51.0 Å². The van der Waals surface area contributed by atoms with E-state index in [1.165, 1.54) is 11.3 Å². The van der Waals surface area contributed by atoms with Crippen LogP contribution in [-0.2, 0) is 9.59 Å². The lowest BCUT2D eigenvalue weighted by Crippen LogP contribution is -2.43. The van der Waals surface area contributed by atoms with Gasteiger partial charge in [0.25, 0.3) is 0 Å². The van der Waals surface area contributed by atoms with E-state index >= 15 is 0 Å². The maximum atomic E-state index is 12.1. The van der Waals surface area contributed by atoms with Crippen molar-refractivity contribution in [2.24, 2.45) is 0 Å². The number of halogens is 1. The maximum Gasteiger partial charge on any atom is 0.315 e. The van der Waals surface area contributed by atoms with E-state index < -0.39 is 0 Å². The third kappa shape index (κ3) is 8.17. The minimum atomic E-state index is -0.289. The number of nitrogens with zero attached hydrogens (tertiary/aromatic N) is 1. The quantitative estimate of drug-likeness (QED) is 0.577. The monoisotopic (exact) mass is 408 g/mol. The van der Waals surface area contributed by atoms with E-state index in [-0.39, 0.29) is 36.9 Å². The van der Waals surface area contributed by atoms with Gasteiger partial charge in [-0.3, -0.25) is 9.59 Å². The Morgan fingerprint density at radius 3 is 2.64 bits per heavy atom. The molecule has 0 heterocycles. The zero-order valence-electron chi connectivity index (χ0n) is 16.3. The van der Waals surface area contributed by atoms with Crippen molar-refractivity contribution < 1.29 is 14.4 Å². The molecule has 1 aromatic rings. The van der Waals surface area contributed by atoms with E-state index in [2.05, 4.69) is 16.0 Å². The fourth-order valence-corrected chi connectivity index (χ4v) is 3.38. The Hall–Kier alpha value is -2.28. The Bertz CT molecular complexity index is 677. The molecule has 0 spiro atoms. The SMILES string of the molecule is CN(CC(=O)Nc1cccc(Cl)c1)C(=O)CCCNC(=O)NC1CCCCC1. The highest BCUT2D eigenvalue weighted by molar-refractivity contribution is 6.30. The van der Waals surface area contributed by atoms with Gasteiger partial charge in [0.1, 0.15) is 0 Å². The van der Waals surface area contributed by atoms with Gasteiger partial charge >= 0.3 is 6.03 Å². The van der Waals surface area contributed by atoms with Crippen LogP contribution in [0.2, 0.25) is 5.02 Å². The van der Waals surface area contributed by atoms with Crippen LogP contribution in [0.25, 0.3) is 0 Å². The molecule has 0 bridgehead atoms. The minimum Gasteiger partial charge on any atom is -0.338 e. The summed E-state index contributed by atoms with van der Waals surface area (Å²) in [5.74, 6) is -0.432. The van der Waals surface area contributed by atoms with Crippen LogP contribution >= 0.6 is 11.6 Å². The number of likely N-dealkylation sites (N-methyl/N-ethyl adjacent to an activating group) is 1. The van der Waals surface area contributed by atoms with Crippen molar-refractivity contribution >= 4 is 35.1 Å². The lowest BCUT2D eigenvalue weighted by Gasteiger charge is -2.22. The molecule has 3 N–H and O–H groups in total. The van der Waals surface area contributed by atoms with Gasteiger partial charge in [0.2, 0.25) is 11.8 Å². The molecule has 1 aliphatic carbocycles. The molecule has 0 aliphatic heterocycles. The fourth-order valence-electron chi connectivity index (χ4n) is 3.19. The smallest absolute Gasteiger partial charge is 0.315 e. The minimum absolute atomic E-state index is 0.0407. The fraction of sp³-hybridized carbons (Fsp3) is 0.550. The number of urea groups is 1.